The molecule has 0 aliphatic carbocycles. The molecule has 156 valence electrons. The monoisotopic (exact) mass is 410 g/mol. The van der Waals surface area contributed by atoms with Gasteiger partial charge in [-0.25, -0.2) is 9.69 Å². The maximum atomic E-state index is 13.1. The molecule has 1 aliphatic rings. The van der Waals surface area contributed by atoms with Crippen LogP contribution in [0.4, 0.5) is 10.5 Å². The highest BCUT2D eigenvalue weighted by Gasteiger charge is 2.37. The Morgan fingerprint density at radius 1 is 1.03 bits per heavy atom. The number of aryl methyl sites for hydroxylation is 1. The summed E-state index contributed by atoms with van der Waals surface area (Å²) in [5.74, 6) is -0.00572. The number of anilines is 1. The molecule has 1 fully saturated rings. The van der Waals surface area contributed by atoms with Gasteiger partial charge in [0.25, 0.3) is 11.8 Å². The molecule has 1 aliphatic heterocycles. The van der Waals surface area contributed by atoms with E-state index in [1.165, 1.54) is 20.3 Å². The first-order valence-electron chi connectivity index (χ1n) is 9.26. The summed E-state index contributed by atoms with van der Waals surface area (Å²) in [7, 11) is 3.02. The lowest BCUT2D eigenvalue weighted by Gasteiger charge is -2.26. The fraction of sp³-hybridized carbons (Fsp3) is 0.227. The first kappa shape index (κ1) is 20.9. The van der Waals surface area contributed by atoms with Gasteiger partial charge in [-0.15, -0.1) is 0 Å². The predicted molar refractivity (Wildman–Crippen MR) is 111 cm³/mol. The fourth-order valence-corrected chi connectivity index (χ4v) is 3.08. The summed E-state index contributed by atoms with van der Waals surface area (Å²) in [6.07, 6.45) is 1.43. The van der Waals surface area contributed by atoms with E-state index in [0.29, 0.717) is 35.1 Å². The molecule has 30 heavy (non-hydrogen) atoms. The van der Waals surface area contributed by atoms with Gasteiger partial charge in [0.15, 0.2) is 11.5 Å². The van der Waals surface area contributed by atoms with Gasteiger partial charge in [0.2, 0.25) is 0 Å². The number of imide groups is 2. The van der Waals surface area contributed by atoms with Crippen molar-refractivity contribution in [2.75, 3.05) is 25.7 Å². The second kappa shape index (κ2) is 8.69. The van der Waals surface area contributed by atoms with Crippen molar-refractivity contribution in [3.8, 4) is 17.2 Å². The quantitative estimate of drug-likeness (QED) is 0.581. The average molecular weight is 410 g/mol. The highest BCUT2D eigenvalue weighted by Crippen LogP contribution is 2.32. The molecule has 1 saturated heterocycles. The van der Waals surface area contributed by atoms with Gasteiger partial charge in [0.1, 0.15) is 11.3 Å². The molecule has 8 nitrogen and oxygen atoms in total. The van der Waals surface area contributed by atoms with Crippen molar-refractivity contribution >= 4 is 29.6 Å². The molecule has 1 N–H and O–H groups in total. The van der Waals surface area contributed by atoms with Crippen LogP contribution < -0.4 is 24.4 Å². The van der Waals surface area contributed by atoms with Crippen LogP contribution in [0.25, 0.3) is 6.08 Å². The number of carbonyl (C=O) groups excluding carboxylic acids is 3. The van der Waals surface area contributed by atoms with E-state index in [-0.39, 0.29) is 5.57 Å². The van der Waals surface area contributed by atoms with Crippen LogP contribution in [0, 0.1) is 6.92 Å². The van der Waals surface area contributed by atoms with E-state index in [2.05, 4.69) is 5.32 Å². The third-order valence-corrected chi connectivity index (χ3v) is 4.56. The van der Waals surface area contributed by atoms with E-state index in [4.69, 9.17) is 14.2 Å². The molecule has 4 amide bonds. The number of urea groups is 1. The molecule has 3 rings (SSSR count). The Hall–Kier alpha value is -3.81. The highest BCUT2D eigenvalue weighted by molar-refractivity contribution is 6.39. The Morgan fingerprint density at radius 3 is 2.40 bits per heavy atom. The van der Waals surface area contributed by atoms with Crippen molar-refractivity contribution in [3.63, 3.8) is 0 Å². The minimum absolute atomic E-state index is 0.174. The van der Waals surface area contributed by atoms with Crippen molar-refractivity contribution in [2.45, 2.75) is 13.8 Å². The number of hydrogen-bond acceptors (Lipinski definition) is 6. The minimum atomic E-state index is -0.820. The number of amides is 4. The molecule has 1 heterocycles. The molecule has 0 aromatic heterocycles. The van der Waals surface area contributed by atoms with E-state index in [1.807, 2.05) is 13.8 Å². The predicted octanol–water partition coefficient (Wildman–Crippen LogP) is 3.08. The summed E-state index contributed by atoms with van der Waals surface area (Å²) < 4.78 is 16.0. The van der Waals surface area contributed by atoms with Gasteiger partial charge < -0.3 is 14.2 Å². The van der Waals surface area contributed by atoms with E-state index < -0.39 is 17.8 Å². The van der Waals surface area contributed by atoms with Gasteiger partial charge in [0.05, 0.1) is 26.5 Å². The Kier molecular flexibility index (Phi) is 6.06. The molecule has 8 heteroatoms. The van der Waals surface area contributed by atoms with Gasteiger partial charge in [-0.05, 0) is 55.3 Å². The number of barbiturate groups is 1. The van der Waals surface area contributed by atoms with Crippen LogP contribution in [-0.2, 0) is 9.59 Å². The second-order valence-corrected chi connectivity index (χ2v) is 6.45. The lowest BCUT2D eigenvalue weighted by Crippen LogP contribution is -2.54. The Balaban J connectivity index is 2.04. The molecule has 0 unspecified atom stereocenters. The standard InChI is InChI=1S/C22H22N2O6/c1-5-30-16-8-6-7-15(12-16)24-21(26)17(20(25)23-22(24)27)10-14-11-19(29-4)18(28-3)9-13(14)2/h6-12H,5H2,1-4H3,(H,23,25,27)/b17-10+. The summed E-state index contributed by atoms with van der Waals surface area (Å²) in [4.78, 5) is 38.8. The fourth-order valence-electron chi connectivity index (χ4n) is 3.08. The number of methoxy groups -OCH3 is 2. The van der Waals surface area contributed by atoms with Crippen molar-refractivity contribution in [1.29, 1.82) is 0 Å². The van der Waals surface area contributed by atoms with Crippen molar-refractivity contribution in [1.82, 2.24) is 5.32 Å². The smallest absolute Gasteiger partial charge is 0.335 e. The van der Waals surface area contributed by atoms with Gasteiger partial charge >= 0.3 is 6.03 Å². The van der Waals surface area contributed by atoms with Crippen molar-refractivity contribution in [3.05, 3.63) is 53.1 Å². The lowest BCUT2D eigenvalue weighted by atomic mass is 10.0. The number of nitrogens with one attached hydrogen (secondary N) is 1. The van der Waals surface area contributed by atoms with Crippen LogP contribution in [0.3, 0.4) is 0 Å². The van der Waals surface area contributed by atoms with Crippen LogP contribution >= 0.6 is 0 Å². The number of ether oxygens (including phenoxy) is 3. The van der Waals surface area contributed by atoms with E-state index in [0.717, 1.165) is 10.5 Å². The van der Waals surface area contributed by atoms with E-state index >= 15 is 0 Å². The maximum Gasteiger partial charge on any atom is 0.335 e. The van der Waals surface area contributed by atoms with E-state index in [9.17, 15) is 14.4 Å². The van der Waals surface area contributed by atoms with Crippen LogP contribution in [0.5, 0.6) is 17.2 Å². The third-order valence-electron chi connectivity index (χ3n) is 4.56. The van der Waals surface area contributed by atoms with Crippen molar-refractivity contribution < 1.29 is 28.6 Å². The zero-order valence-electron chi connectivity index (χ0n) is 17.1. The zero-order valence-corrected chi connectivity index (χ0v) is 17.1. The van der Waals surface area contributed by atoms with Gasteiger partial charge in [-0.3, -0.25) is 14.9 Å². The van der Waals surface area contributed by atoms with Crippen LogP contribution in [0.1, 0.15) is 18.1 Å². The average Bonchev–Trinajstić information content (AvgIpc) is 2.72. The summed E-state index contributed by atoms with van der Waals surface area (Å²) in [5, 5.41) is 2.21. The summed E-state index contributed by atoms with van der Waals surface area (Å²) >= 11 is 0. The molecule has 0 atom stereocenters. The summed E-state index contributed by atoms with van der Waals surface area (Å²) in [5.41, 5.74) is 1.48. The second-order valence-electron chi connectivity index (χ2n) is 6.45. The number of nitrogens with zero attached hydrogens (tertiary/aromatic N) is 1. The molecule has 0 saturated carbocycles. The number of rotatable bonds is 6. The maximum absolute atomic E-state index is 13.1. The van der Waals surface area contributed by atoms with Gasteiger partial charge in [-0.1, -0.05) is 6.07 Å². The minimum Gasteiger partial charge on any atom is -0.494 e. The molecule has 0 radical (unpaired) electrons. The summed E-state index contributed by atoms with van der Waals surface area (Å²) in [6, 6.07) is 9.13. The SMILES string of the molecule is CCOc1cccc(N2C(=O)NC(=O)/C(=C\c3cc(OC)c(OC)cc3C)C2=O)c1. The number of hydrogen-bond donors (Lipinski definition) is 1. The van der Waals surface area contributed by atoms with Crippen LogP contribution in [0.15, 0.2) is 42.0 Å². The molecule has 0 bridgehead atoms. The van der Waals surface area contributed by atoms with Crippen molar-refractivity contribution in [2.24, 2.45) is 0 Å². The highest BCUT2D eigenvalue weighted by atomic mass is 16.5. The Bertz CT molecular complexity index is 1040. The van der Waals surface area contributed by atoms with Crippen LogP contribution in [-0.4, -0.2) is 38.7 Å². The first-order valence-corrected chi connectivity index (χ1v) is 9.26. The normalized spacial score (nSPS) is 15.3. The van der Waals surface area contributed by atoms with Gasteiger partial charge in [-0.2, -0.15) is 0 Å². The van der Waals surface area contributed by atoms with Crippen LogP contribution in [0.2, 0.25) is 0 Å². The Morgan fingerprint density at radius 2 is 1.73 bits per heavy atom. The molecular weight excluding hydrogens is 388 g/mol. The zero-order chi connectivity index (χ0) is 21.8. The number of carbonyl (C=O) groups is 3. The van der Waals surface area contributed by atoms with Gasteiger partial charge in [0, 0.05) is 6.07 Å². The summed E-state index contributed by atoms with van der Waals surface area (Å²) in [6.45, 7) is 4.08. The molecule has 0 spiro atoms. The first-order chi connectivity index (χ1) is 14.4. The largest absolute Gasteiger partial charge is 0.494 e. The molecule has 2 aromatic rings. The lowest BCUT2D eigenvalue weighted by molar-refractivity contribution is -0.122. The molecule has 2 aromatic carbocycles. The number of benzene rings is 2. The van der Waals surface area contributed by atoms with E-state index in [1.54, 1.807) is 36.4 Å². The third kappa shape index (κ3) is 3.98. The topological polar surface area (TPSA) is 94.2 Å². The Labute approximate surface area is 174 Å². The molecular formula is C22H22N2O6.